The smallest absolute Gasteiger partial charge is 0.251 e. The van der Waals surface area contributed by atoms with E-state index in [9.17, 15) is 9.00 Å². The predicted molar refractivity (Wildman–Crippen MR) is 99.1 cm³/mol. The maximum atomic E-state index is 12.7. The van der Waals surface area contributed by atoms with E-state index >= 15 is 0 Å². The van der Waals surface area contributed by atoms with Gasteiger partial charge in [0.2, 0.25) is 0 Å². The maximum absolute atomic E-state index is 12.7. The second-order valence-electron chi connectivity index (χ2n) is 6.67. The van der Waals surface area contributed by atoms with Crippen LogP contribution in [0.2, 0.25) is 0 Å². The Bertz CT molecular complexity index is 845. The molecular weight excluding hydrogens is 350 g/mol. The predicted octanol–water partition coefficient (Wildman–Crippen LogP) is 3.08. The molecule has 26 heavy (non-hydrogen) atoms. The summed E-state index contributed by atoms with van der Waals surface area (Å²) in [5, 5.41) is 3.16. The fourth-order valence-corrected chi connectivity index (χ4v) is 3.70. The van der Waals surface area contributed by atoms with Crippen molar-refractivity contribution in [3.8, 4) is 11.5 Å². The molecule has 2 aromatic carbocycles. The number of hydrogen-bond acceptors (Lipinski definition) is 4. The normalized spacial score (nSPS) is 18.0. The number of nitrogens with one attached hydrogen (secondary N) is 1. The van der Waals surface area contributed by atoms with E-state index in [0.29, 0.717) is 29.6 Å². The maximum Gasteiger partial charge on any atom is 0.251 e. The molecule has 1 saturated carbocycles. The Morgan fingerprint density at radius 1 is 1.08 bits per heavy atom. The fourth-order valence-electron chi connectivity index (χ4n) is 3.18. The van der Waals surface area contributed by atoms with Gasteiger partial charge in [0.05, 0.1) is 6.04 Å². The van der Waals surface area contributed by atoms with Crippen molar-refractivity contribution in [3.63, 3.8) is 0 Å². The van der Waals surface area contributed by atoms with Gasteiger partial charge in [0.1, 0.15) is 13.2 Å². The first kappa shape index (κ1) is 17.1. The molecule has 1 amide bonds. The van der Waals surface area contributed by atoms with Crippen molar-refractivity contribution in [2.24, 2.45) is 5.92 Å². The lowest BCUT2D eigenvalue weighted by Gasteiger charge is -2.23. The number of hydrogen-bond donors (Lipinski definition) is 1. The first-order valence-electron chi connectivity index (χ1n) is 8.76. The van der Waals surface area contributed by atoms with E-state index in [1.54, 1.807) is 30.5 Å². The Balaban J connectivity index is 1.54. The molecule has 1 fully saturated rings. The number of carbonyl (C=O) groups excluding carboxylic acids is 1. The van der Waals surface area contributed by atoms with Crippen molar-refractivity contribution < 1.29 is 18.5 Å². The average Bonchev–Trinajstić information content (AvgIpc) is 3.50. The minimum absolute atomic E-state index is 0.0432. The number of benzene rings is 2. The Kier molecular flexibility index (Phi) is 4.68. The minimum atomic E-state index is -1.05. The molecular formula is C20H21NO4S. The second-order valence-corrected chi connectivity index (χ2v) is 8.05. The third-order valence-corrected chi connectivity index (χ3v) is 5.69. The highest BCUT2D eigenvalue weighted by molar-refractivity contribution is 7.84. The van der Waals surface area contributed by atoms with Crippen molar-refractivity contribution in [2.45, 2.75) is 23.8 Å². The molecule has 0 bridgehead atoms. The highest BCUT2D eigenvalue weighted by atomic mass is 32.2. The van der Waals surface area contributed by atoms with E-state index in [4.69, 9.17) is 9.47 Å². The van der Waals surface area contributed by atoms with Crippen molar-refractivity contribution >= 4 is 16.7 Å². The number of rotatable bonds is 5. The quantitative estimate of drug-likeness (QED) is 0.877. The van der Waals surface area contributed by atoms with Crippen molar-refractivity contribution in [1.82, 2.24) is 5.32 Å². The Morgan fingerprint density at radius 3 is 2.42 bits per heavy atom. The van der Waals surface area contributed by atoms with Crippen LogP contribution in [0.4, 0.5) is 0 Å². The molecule has 0 radical (unpaired) electrons. The van der Waals surface area contributed by atoms with E-state index in [0.717, 1.165) is 29.9 Å². The summed E-state index contributed by atoms with van der Waals surface area (Å²) < 4.78 is 22.7. The molecule has 1 aliphatic heterocycles. The lowest BCUT2D eigenvalue weighted by Crippen LogP contribution is -2.30. The van der Waals surface area contributed by atoms with Gasteiger partial charge < -0.3 is 14.8 Å². The minimum Gasteiger partial charge on any atom is -0.486 e. The summed E-state index contributed by atoms with van der Waals surface area (Å²) in [6.45, 7) is 1.11. The summed E-state index contributed by atoms with van der Waals surface area (Å²) in [7, 11) is -1.05. The van der Waals surface area contributed by atoms with Gasteiger partial charge in [-0.2, -0.15) is 0 Å². The van der Waals surface area contributed by atoms with E-state index in [1.807, 2.05) is 18.2 Å². The van der Waals surface area contributed by atoms with Gasteiger partial charge in [-0.15, -0.1) is 0 Å². The van der Waals surface area contributed by atoms with E-state index in [-0.39, 0.29) is 11.9 Å². The van der Waals surface area contributed by atoms with Crippen LogP contribution in [0, 0.1) is 5.92 Å². The van der Waals surface area contributed by atoms with Gasteiger partial charge in [0, 0.05) is 27.5 Å². The zero-order valence-electron chi connectivity index (χ0n) is 14.6. The zero-order valence-corrected chi connectivity index (χ0v) is 15.4. The van der Waals surface area contributed by atoms with Crippen LogP contribution in [-0.4, -0.2) is 29.6 Å². The third kappa shape index (κ3) is 3.60. The van der Waals surface area contributed by atoms with Crippen LogP contribution in [0.1, 0.15) is 34.8 Å². The number of ether oxygens (including phenoxy) is 2. The van der Waals surface area contributed by atoms with Crippen molar-refractivity contribution in [3.05, 3.63) is 53.6 Å². The highest BCUT2D eigenvalue weighted by Gasteiger charge is 2.34. The van der Waals surface area contributed by atoms with Gasteiger partial charge in [-0.1, -0.05) is 6.07 Å². The van der Waals surface area contributed by atoms with Crippen LogP contribution in [0.5, 0.6) is 11.5 Å². The summed E-state index contributed by atoms with van der Waals surface area (Å²) in [5.41, 5.74) is 1.61. The molecule has 2 unspecified atom stereocenters. The van der Waals surface area contributed by atoms with E-state index < -0.39 is 10.8 Å². The molecule has 5 nitrogen and oxygen atoms in total. The lowest BCUT2D eigenvalue weighted by atomic mass is 10.0. The van der Waals surface area contributed by atoms with Gasteiger partial charge in [-0.3, -0.25) is 9.00 Å². The van der Waals surface area contributed by atoms with Gasteiger partial charge in [0.15, 0.2) is 11.5 Å². The summed E-state index contributed by atoms with van der Waals surface area (Å²) in [6.07, 6.45) is 3.83. The molecule has 2 aliphatic rings. The Hall–Kier alpha value is -2.34. The van der Waals surface area contributed by atoms with Crippen LogP contribution < -0.4 is 14.8 Å². The van der Waals surface area contributed by atoms with Crippen LogP contribution in [-0.2, 0) is 10.8 Å². The Labute approximate surface area is 155 Å². The van der Waals surface area contributed by atoms with Crippen LogP contribution in [0.3, 0.4) is 0 Å². The second kappa shape index (κ2) is 7.11. The van der Waals surface area contributed by atoms with Crippen LogP contribution in [0.15, 0.2) is 47.4 Å². The molecule has 0 saturated heterocycles. The molecule has 2 atom stereocenters. The molecule has 6 heteroatoms. The average molecular weight is 371 g/mol. The Morgan fingerprint density at radius 2 is 1.77 bits per heavy atom. The first-order chi connectivity index (χ1) is 12.6. The molecule has 1 N–H and O–H groups in total. The largest absolute Gasteiger partial charge is 0.486 e. The van der Waals surface area contributed by atoms with Crippen molar-refractivity contribution in [1.29, 1.82) is 0 Å². The van der Waals surface area contributed by atoms with E-state index in [2.05, 4.69) is 5.32 Å². The first-order valence-corrected chi connectivity index (χ1v) is 10.3. The third-order valence-electron chi connectivity index (χ3n) is 4.75. The summed E-state index contributed by atoms with van der Waals surface area (Å²) >= 11 is 0. The monoisotopic (exact) mass is 371 g/mol. The molecule has 4 rings (SSSR count). The lowest BCUT2D eigenvalue weighted by molar-refractivity contribution is 0.0931. The molecule has 1 heterocycles. The fraction of sp³-hybridized carbons (Fsp3) is 0.350. The van der Waals surface area contributed by atoms with E-state index in [1.165, 1.54) is 0 Å². The van der Waals surface area contributed by atoms with Gasteiger partial charge >= 0.3 is 0 Å². The number of carbonyl (C=O) groups is 1. The van der Waals surface area contributed by atoms with Gasteiger partial charge in [-0.05, 0) is 60.7 Å². The summed E-state index contributed by atoms with van der Waals surface area (Å²) in [4.78, 5) is 13.4. The summed E-state index contributed by atoms with van der Waals surface area (Å²) in [5.74, 6) is 1.82. The van der Waals surface area contributed by atoms with Crippen molar-refractivity contribution in [2.75, 3.05) is 19.5 Å². The van der Waals surface area contributed by atoms with Crippen LogP contribution in [0.25, 0.3) is 0 Å². The SMILES string of the molecule is CS(=O)c1ccc(C(=O)NC(c2ccc3c(c2)OCCO3)C2CC2)cc1. The molecule has 0 aromatic heterocycles. The van der Waals surface area contributed by atoms with Crippen LogP contribution >= 0.6 is 0 Å². The number of amides is 1. The van der Waals surface area contributed by atoms with Gasteiger partial charge in [0.25, 0.3) is 5.91 Å². The standard InChI is InChI=1S/C20H21NO4S/c1-26(23)16-7-4-14(5-8-16)20(22)21-19(13-2-3-13)15-6-9-17-18(12-15)25-11-10-24-17/h4-9,12-13,19H,2-3,10-11H2,1H3,(H,21,22). The topological polar surface area (TPSA) is 64.6 Å². The molecule has 0 spiro atoms. The highest BCUT2D eigenvalue weighted by Crippen LogP contribution is 2.43. The zero-order chi connectivity index (χ0) is 18.1. The molecule has 136 valence electrons. The molecule has 1 aliphatic carbocycles. The molecule has 2 aromatic rings. The van der Waals surface area contributed by atoms with Gasteiger partial charge in [-0.25, -0.2) is 0 Å². The number of fused-ring (bicyclic) bond motifs is 1. The summed E-state index contributed by atoms with van der Waals surface area (Å²) in [6, 6.07) is 12.8.